The van der Waals surface area contributed by atoms with Crippen LogP contribution < -0.4 is 9.80 Å². The van der Waals surface area contributed by atoms with Gasteiger partial charge in [-0.15, -0.1) is 0 Å². The van der Waals surface area contributed by atoms with Crippen molar-refractivity contribution < 1.29 is 4.39 Å². The molecule has 0 atom stereocenters. The van der Waals surface area contributed by atoms with Gasteiger partial charge in [-0.2, -0.15) is 0 Å². The maximum Gasteiger partial charge on any atom is 0.187 e. The van der Waals surface area contributed by atoms with Crippen molar-refractivity contribution in [3.63, 3.8) is 0 Å². The molecule has 2 fully saturated rings. The minimum absolute atomic E-state index is 0.230. The Labute approximate surface area is 166 Å². The summed E-state index contributed by atoms with van der Waals surface area (Å²) in [5.74, 6) is 3.26. The average molecular weight is 385 g/mol. The molecule has 0 amide bonds. The van der Waals surface area contributed by atoms with Gasteiger partial charge in [0.25, 0.3) is 0 Å². The Morgan fingerprint density at radius 1 is 1.14 bits per heavy atom. The summed E-state index contributed by atoms with van der Waals surface area (Å²) in [5.41, 5.74) is 0.594. The second kappa shape index (κ2) is 7.97. The third kappa shape index (κ3) is 4.08. The summed E-state index contributed by atoms with van der Waals surface area (Å²) >= 11 is 0. The number of nitrogens with zero attached hydrogens (tertiary/aromatic N) is 6. The van der Waals surface area contributed by atoms with E-state index in [1.807, 2.05) is 24.2 Å². The van der Waals surface area contributed by atoms with Crippen LogP contribution in [-0.2, 0) is 0 Å². The molecule has 28 heavy (non-hydrogen) atoms. The average Bonchev–Trinajstić information content (AvgIpc) is 3.54. The molecular formula is C21H29FN6. The van der Waals surface area contributed by atoms with Crippen LogP contribution in [0.3, 0.4) is 0 Å². The van der Waals surface area contributed by atoms with Crippen molar-refractivity contribution in [3.05, 3.63) is 35.9 Å². The Morgan fingerprint density at radius 3 is 2.57 bits per heavy atom. The van der Waals surface area contributed by atoms with Gasteiger partial charge < -0.3 is 9.80 Å². The van der Waals surface area contributed by atoms with Gasteiger partial charge in [0.1, 0.15) is 18.0 Å². The van der Waals surface area contributed by atoms with Gasteiger partial charge in [0.05, 0.1) is 5.69 Å². The predicted octanol–water partition coefficient (Wildman–Crippen LogP) is 3.76. The molecule has 0 aromatic carbocycles. The molecule has 1 aliphatic heterocycles. The second-order valence-corrected chi connectivity index (χ2v) is 8.41. The molecule has 6 nitrogen and oxygen atoms in total. The molecule has 0 radical (unpaired) electrons. The topological polar surface area (TPSA) is 58.0 Å². The lowest BCUT2D eigenvalue weighted by molar-refractivity contribution is 0.404. The molecule has 1 saturated carbocycles. The van der Waals surface area contributed by atoms with Gasteiger partial charge in [0.15, 0.2) is 11.6 Å². The van der Waals surface area contributed by atoms with Gasteiger partial charge >= 0.3 is 0 Å². The van der Waals surface area contributed by atoms with Crippen molar-refractivity contribution in [2.75, 3.05) is 36.5 Å². The monoisotopic (exact) mass is 384 g/mol. The lowest BCUT2D eigenvalue weighted by atomic mass is 9.96. The zero-order valence-electron chi connectivity index (χ0n) is 17.0. The van der Waals surface area contributed by atoms with E-state index in [0.717, 1.165) is 57.0 Å². The number of anilines is 2. The highest BCUT2D eigenvalue weighted by molar-refractivity contribution is 5.42. The van der Waals surface area contributed by atoms with Gasteiger partial charge in [-0.05, 0) is 37.7 Å². The van der Waals surface area contributed by atoms with Crippen LogP contribution in [0.25, 0.3) is 0 Å². The van der Waals surface area contributed by atoms with Crippen LogP contribution in [0.1, 0.15) is 62.9 Å². The summed E-state index contributed by atoms with van der Waals surface area (Å²) in [7, 11) is 1.94. The minimum atomic E-state index is -0.230. The van der Waals surface area contributed by atoms with E-state index in [1.54, 1.807) is 0 Å². The van der Waals surface area contributed by atoms with Crippen molar-refractivity contribution in [2.24, 2.45) is 5.92 Å². The summed E-state index contributed by atoms with van der Waals surface area (Å²) in [6.07, 6.45) is 7.56. The molecule has 1 saturated heterocycles. The first kappa shape index (κ1) is 19.0. The highest BCUT2D eigenvalue weighted by Gasteiger charge is 2.31. The fourth-order valence-electron chi connectivity index (χ4n) is 3.92. The Hall–Kier alpha value is -2.31. The fourth-order valence-corrected chi connectivity index (χ4v) is 3.92. The Morgan fingerprint density at radius 2 is 1.89 bits per heavy atom. The van der Waals surface area contributed by atoms with Crippen LogP contribution in [-0.4, -0.2) is 46.6 Å². The van der Waals surface area contributed by atoms with E-state index >= 15 is 0 Å². The van der Waals surface area contributed by atoms with E-state index in [1.165, 1.54) is 6.33 Å². The third-order valence-corrected chi connectivity index (χ3v) is 5.77. The molecular weight excluding hydrogens is 355 g/mol. The summed E-state index contributed by atoms with van der Waals surface area (Å²) in [6, 6.07) is 1.99. The van der Waals surface area contributed by atoms with Crippen LogP contribution in [0.4, 0.5) is 16.0 Å². The first-order chi connectivity index (χ1) is 13.5. The van der Waals surface area contributed by atoms with E-state index in [9.17, 15) is 4.39 Å². The number of hydrogen-bond acceptors (Lipinski definition) is 6. The first-order valence-corrected chi connectivity index (χ1v) is 10.3. The summed E-state index contributed by atoms with van der Waals surface area (Å²) in [6.45, 7) is 6.97. The molecule has 7 heteroatoms. The van der Waals surface area contributed by atoms with E-state index < -0.39 is 0 Å². The van der Waals surface area contributed by atoms with Crippen molar-refractivity contribution in [1.29, 1.82) is 0 Å². The van der Waals surface area contributed by atoms with Gasteiger partial charge in [-0.1, -0.05) is 13.8 Å². The maximum atomic E-state index is 14.8. The molecule has 4 rings (SSSR count). The zero-order chi connectivity index (χ0) is 19.7. The highest BCUT2D eigenvalue weighted by Crippen LogP contribution is 2.41. The fraction of sp³-hybridized carbons (Fsp3) is 0.619. The smallest absolute Gasteiger partial charge is 0.187 e. The Balaban J connectivity index is 1.36. The van der Waals surface area contributed by atoms with E-state index in [-0.39, 0.29) is 5.82 Å². The van der Waals surface area contributed by atoms with Crippen molar-refractivity contribution >= 4 is 11.6 Å². The van der Waals surface area contributed by atoms with Gasteiger partial charge in [-0.25, -0.2) is 24.3 Å². The standard InChI is InChI=1S/C21H29FN6/c1-14(2)20-23-9-6-17(26-20)28-10-7-15(8-11-28)12-27(3)21-18(22)19(16-4-5-16)24-13-25-21/h6,9,13-16H,4-5,7-8,10-12H2,1-3H3. The second-order valence-electron chi connectivity index (χ2n) is 8.41. The molecule has 0 unspecified atom stereocenters. The van der Waals surface area contributed by atoms with E-state index in [4.69, 9.17) is 4.98 Å². The summed E-state index contributed by atoms with van der Waals surface area (Å²) < 4.78 is 14.8. The van der Waals surface area contributed by atoms with Crippen LogP contribution in [0.2, 0.25) is 0 Å². The molecule has 0 N–H and O–H groups in total. The lowest BCUT2D eigenvalue weighted by Gasteiger charge is -2.35. The SMILES string of the molecule is CC(C)c1nccc(N2CCC(CN(C)c3ncnc(C4CC4)c3F)CC2)n1. The van der Waals surface area contributed by atoms with Crippen LogP contribution >= 0.6 is 0 Å². The molecule has 2 aromatic rings. The lowest BCUT2D eigenvalue weighted by Crippen LogP contribution is -2.38. The summed E-state index contributed by atoms with van der Waals surface area (Å²) in [4.78, 5) is 21.7. The van der Waals surface area contributed by atoms with Crippen molar-refractivity contribution in [1.82, 2.24) is 19.9 Å². The van der Waals surface area contributed by atoms with Crippen LogP contribution in [0.5, 0.6) is 0 Å². The Bertz CT molecular complexity index is 814. The molecule has 3 heterocycles. The van der Waals surface area contributed by atoms with E-state index in [0.29, 0.717) is 29.3 Å². The maximum absolute atomic E-state index is 14.8. The Kier molecular flexibility index (Phi) is 5.42. The quantitative estimate of drug-likeness (QED) is 0.756. The zero-order valence-corrected chi connectivity index (χ0v) is 17.0. The molecule has 2 aliphatic rings. The van der Waals surface area contributed by atoms with Gasteiger partial charge in [-0.3, -0.25) is 0 Å². The largest absolute Gasteiger partial charge is 0.357 e. The molecule has 0 spiro atoms. The highest BCUT2D eigenvalue weighted by atomic mass is 19.1. The molecule has 150 valence electrons. The summed E-state index contributed by atoms with van der Waals surface area (Å²) in [5, 5.41) is 0. The number of aromatic nitrogens is 4. The van der Waals surface area contributed by atoms with Crippen molar-refractivity contribution in [2.45, 2.75) is 51.4 Å². The molecule has 1 aliphatic carbocycles. The number of halogens is 1. The van der Waals surface area contributed by atoms with Crippen molar-refractivity contribution in [3.8, 4) is 0 Å². The van der Waals surface area contributed by atoms with Gasteiger partial charge in [0.2, 0.25) is 0 Å². The number of rotatable bonds is 6. The first-order valence-electron chi connectivity index (χ1n) is 10.3. The number of hydrogen-bond donors (Lipinski definition) is 0. The third-order valence-electron chi connectivity index (χ3n) is 5.77. The molecule has 2 aromatic heterocycles. The van der Waals surface area contributed by atoms with Crippen LogP contribution in [0, 0.1) is 11.7 Å². The van der Waals surface area contributed by atoms with Crippen LogP contribution in [0.15, 0.2) is 18.6 Å². The van der Waals surface area contributed by atoms with Gasteiger partial charge in [0, 0.05) is 44.7 Å². The normalized spacial score (nSPS) is 18.0. The van der Waals surface area contributed by atoms with E-state index in [2.05, 4.69) is 33.7 Å². The predicted molar refractivity (Wildman–Crippen MR) is 108 cm³/mol. The molecule has 0 bridgehead atoms. The minimum Gasteiger partial charge on any atom is -0.357 e. The number of piperidine rings is 1.